The zero-order chi connectivity index (χ0) is 27.4. The Balaban J connectivity index is 0.000000426. The summed E-state index contributed by atoms with van der Waals surface area (Å²) in [5.41, 5.74) is 3.19. The van der Waals surface area contributed by atoms with E-state index in [4.69, 9.17) is 21.5 Å². The van der Waals surface area contributed by atoms with Crippen LogP contribution in [0.3, 0.4) is 0 Å². The van der Waals surface area contributed by atoms with Gasteiger partial charge < -0.3 is 15.7 Å². The Kier molecular flexibility index (Phi) is 7.54. The number of hydrogen-bond acceptors (Lipinski definition) is 9. The summed E-state index contributed by atoms with van der Waals surface area (Å²) in [6.07, 6.45) is 1.35. The quantitative estimate of drug-likeness (QED) is 0.240. The van der Waals surface area contributed by atoms with Crippen molar-refractivity contribution < 1.29 is 27.9 Å². The van der Waals surface area contributed by atoms with E-state index in [0.717, 1.165) is 10.9 Å². The minimum Gasteiger partial charge on any atom is -0.475 e. The van der Waals surface area contributed by atoms with Gasteiger partial charge in [0.15, 0.2) is 5.82 Å². The van der Waals surface area contributed by atoms with Crippen molar-refractivity contribution in [2.45, 2.75) is 6.18 Å². The number of rotatable bonds is 5. The molecule has 5 aromatic rings. The van der Waals surface area contributed by atoms with Crippen LogP contribution in [0.1, 0.15) is 10.5 Å². The molecule has 4 heterocycles. The standard InChI is InChI=1S/C19H14ClN9OS.C2HF3O2/c1-29-15(4-5-23-29)18(30)24-11-6-10(7-21-8-11)17-26-19(31-28-17)25-14-3-2-13-12(16(14)20)9-22-27-13;3-2(4,5)1(6)7/h2-9H,1H3,(H,22,27)(H,24,30)(H,25,26,28);(H,6,7). The van der Waals surface area contributed by atoms with Crippen molar-refractivity contribution in [3.63, 3.8) is 0 Å². The number of hydrogen-bond donors (Lipinski definition) is 4. The van der Waals surface area contributed by atoms with Crippen molar-refractivity contribution in [1.29, 1.82) is 0 Å². The molecule has 0 fully saturated rings. The van der Waals surface area contributed by atoms with Gasteiger partial charge in [-0.3, -0.25) is 19.6 Å². The molecule has 0 aliphatic carbocycles. The SMILES string of the molecule is Cn1nccc1C(=O)Nc1cncc(-c2nsc(Nc3ccc4[nH]ncc4c3Cl)n2)c1.O=C(O)C(F)(F)F. The second-order valence-electron chi connectivity index (χ2n) is 7.37. The lowest BCUT2D eigenvalue weighted by Crippen LogP contribution is -2.21. The molecular formula is C21H15ClF3N9O3S. The molecule has 0 atom stereocenters. The number of anilines is 3. The van der Waals surface area contributed by atoms with Crippen molar-refractivity contribution >= 4 is 62.4 Å². The largest absolute Gasteiger partial charge is 0.490 e. The van der Waals surface area contributed by atoms with E-state index in [1.54, 1.807) is 44.0 Å². The average Bonchev–Trinajstić information content (AvgIpc) is 3.62. The molecule has 0 saturated heterocycles. The summed E-state index contributed by atoms with van der Waals surface area (Å²) in [6.45, 7) is 0. The van der Waals surface area contributed by atoms with Gasteiger partial charge in [-0.2, -0.15) is 32.7 Å². The number of halogens is 4. The maximum absolute atomic E-state index is 12.4. The summed E-state index contributed by atoms with van der Waals surface area (Å²) in [5.74, 6) is -2.55. The fourth-order valence-electron chi connectivity index (χ4n) is 3.01. The number of aromatic amines is 1. The number of benzene rings is 1. The van der Waals surface area contributed by atoms with Crippen LogP contribution in [0.25, 0.3) is 22.3 Å². The number of nitrogens with zero attached hydrogens (tertiary/aromatic N) is 6. The van der Waals surface area contributed by atoms with Crippen molar-refractivity contribution in [3.8, 4) is 11.4 Å². The minimum absolute atomic E-state index is 0.281. The number of nitrogens with one attached hydrogen (secondary N) is 3. The van der Waals surface area contributed by atoms with Crippen molar-refractivity contribution in [1.82, 2.24) is 34.3 Å². The first-order valence-corrected chi connectivity index (χ1v) is 11.4. The molecule has 5 rings (SSSR count). The molecule has 0 spiro atoms. The van der Waals surface area contributed by atoms with Crippen LogP contribution >= 0.6 is 23.1 Å². The molecule has 12 nitrogen and oxygen atoms in total. The Morgan fingerprint density at radius 1 is 1.18 bits per heavy atom. The zero-order valence-electron chi connectivity index (χ0n) is 19.0. The maximum Gasteiger partial charge on any atom is 0.490 e. The number of carboxylic acids is 1. The lowest BCUT2D eigenvalue weighted by molar-refractivity contribution is -0.192. The Morgan fingerprint density at radius 3 is 2.63 bits per heavy atom. The van der Waals surface area contributed by atoms with E-state index >= 15 is 0 Å². The number of amides is 1. The lowest BCUT2D eigenvalue weighted by atomic mass is 10.2. The number of aliphatic carboxylic acids is 1. The van der Waals surface area contributed by atoms with Crippen molar-refractivity contribution in [3.05, 3.63) is 59.8 Å². The van der Waals surface area contributed by atoms with Crippen molar-refractivity contribution in [2.24, 2.45) is 7.05 Å². The Morgan fingerprint density at radius 2 is 1.95 bits per heavy atom. The smallest absolute Gasteiger partial charge is 0.475 e. The number of carbonyl (C=O) groups excluding carboxylic acids is 1. The van der Waals surface area contributed by atoms with Gasteiger partial charge in [0.25, 0.3) is 5.91 Å². The highest BCUT2D eigenvalue weighted by Gasteiger charge is 2.38. The predicted molar refractivity (Wildman–Crippen MR) is 132 cm³/mol. The summed E-state index contributed by atoms with van der Waals surface area (Å²) in [5, 5.41) is 25.9. The fraction of sp³-hybridized carbons (Fsp3) is 0.0952. The van der Waals surface area contributed by atoms with Gasteiger partial charge in [0.05, 0.1) is 34.3 Å². The van der Waals surface area contributed by atoms with E-state index < -0.39 is 12.1 Å². The van der Waals surface area contributed by atoms with E-state index in [9.17, 15) is 18.0 Å². The van der Waals surface area contributed by atoms with Gasteiger partial charge in [-0.25, -0.2) is 4.79 Å². The molecule has 0 bridgehead atoms. The van der Waals surface area contributed by atoms with Gasteiger partial charge in [0.1, 0.15) is 5.69 Å². The highest BCUT2D eigenvalue weighted by atomic mass is 35.5. The van der Waals surface area contributed by atoms with E-state index in [1.165, 1.54) is 16.2 Å². The molecule has 1 aromatic carbocycles. The summed E-state index contributed by atoms with van der Waals surface area (Å²) in [4.78, 5) is 30.0. The van der Waals surface area contributed by atoms with E-state index in [1.807, 2.05) is 12.1 Å². The Bertz CT molecular complexity index is 1620. The van der Waals surface area contributed by atoms with Crippen LogP contribution in [-0.2, 0) is 11.8 Å². The zero-order valence-corrected chi connectivity index (χ0v) is 20.6. The lowest BCUT2D eigenvalue weighted by Gasteiger charge is -2.06. The van der Waals surface area contributed by atoms with Gasteiger partial charge in [-0.1, -0.05) is 11.6 Å². The van der Waals surface area contributed by atoms with Gasteiger partial charge in [0.2, 0.25) is 5.13 Å². The molecule has 0 saturated carbocycles. The highest BCUT2D eigenvalue weighted by Crippen LogP contribution is 2.33. The number of aryl methyl sites for hydroxylation is 1. The topological polar surface area (TPSA) is 164 Å². The monoisotopic (exact) mass is 565 g/mol. The van der Waals surface area contributed by atoms with Crippen molar-refractivity contribution in [2.75, 3.05) is 10.6 Å². The molecule has 17 heteroatoms. The van der Waals surface area contributed by atoms with E-state index in [0.29, 0.717) is 38.6 Å². The molecule has 1 amide bonds. The normalized spacial score (nSPS) is 11.1. The van der Waals surface area contributed by atoms with Crippen LogP contribution in [0.2, 0.25) is 5.02 Å². The Labute approximate surface area is 219 Å². The highest BCUT2D eigenvalue weighted by molar-refractivity contribution is 7.10. The summed E-state index contributed by atoms with van der Waals surface area (Å²) in [7, 11) is 1.70. The fourth-order valence-corrected chi connectivity index (χ4v) is 3.87. The second kappa shape index (κ2) is 10.8. The number of carbonyl (C=O) groups is 2. The molecule has 38 heavy (non-hydrogen) atoms. The molecular weight excluding hydrogens is 551 g/mol. The molecule has 196 valence electrons. The molecule has 0 radical (unpaired) electrons. The molecule has 0 unspecified atom stereocenters. The van der Waals surface area contributed by atoms with Crippen LogP contribution in [0.5, 0.6) is 0 Å². The number of pyridine rings is 1. The first kappa shape index (κ1) is 26.5. The maximum atomic E-state index is 12.4. The van der Waals surface area contributed by atoms with Gasteiger partial charge >= 0.3 is 12.1 Å². The van der Waals surface area contributed by atoms with Gasteiger partial charge in [-0.15, -0.1) is 0 Å². The van der Waals surface area contributed by atoms with E-state index in [-0.39, 0.29) is 5.91 Å². The summed E-state index contributed by atoms with van der Waals surface area (Å²) >= 11 is 7.65. The number of carboxylic acid groups (broad SMARTS) is 1. The molecule has 4 N–H and O–H groups in total. The van der Waals surface area contributed by atoms with Crippen LogP contribution in [-0.4, -0.2) is 57.5 Å². The first-order valence-electron chi connectivity index (χ1n) is 10.3. The van der Waals surface area contributed by atoms with Crippen LogP contribution in [0, 0.1) is 0 Å². The Hall–Kier alpha value is -4.57. The van der Waals surface area contributed by atoms with E-state index in [2.05, 4.69) is 40.3 Å². The van der Waals surface area contributed by atoms with Crippen LogP contribution in [0.15, 0.2) is 49.1 Å². The third kappa shape index (κ3) is 6.04. The molecule has 4 aromatic heterocycles. The summed E-state index contributed by atoms with van der Waals surface area (Å²) in [6, 6.07) is 7.13. The third-order valence-electron chi connectivity index (χ3n) is 4.78. The number of alkyl halides is 3. The summed E-state index contributed by atoms with van der Waals surface area (Å²) < 4.78 is 37.6. The van der Waals surface area contributed by atoms with Crippen LogP contribution < -0.4 is 10.6 Å². The van der Waals surface area contributed by atoms with Crippen LogP contribution in [0.4, 0.5) is 29.7 Å². The molecule has 0 aliphatic rings. The average molecular weight is 566 g/mol. The number of aromatic nitrogens is 7. The van der Waals surface area contributed by atoms with Gasteiger partial charge in [0, 0.05) is 41.9 Å². The van der Waals surface area contributed by atoms with Gasteiger partial charge in [-0.05, 0) is 24.3 Å². The number of H-pyrrole nitrogens is 1. The number of fused-ring (bicyclic) bond motifs is 1. The molecule has 0 aliphatic heterocycles. The second-order valence-corrected chi connectivity index (χ2v) is 8.50. The first-order chi connectivity index (χ1) is 18.0. The predicted octanol–water partition coefficient (Wildman–Crippen LogP) is 4.49. The third-order valence-corrected chi connectivity index (χ3v) is 5.81. The minimum atomic E-state index is -5.08.